The smallest absolute Gasteiger partial charge is 0.252 e. The molecule has 1 aromatic carbocycles. The average Bonchev–Trinajstić information content (AvgIpc) is 2.60. The zero-order valence-corrected chi connectivity index (χ0v) is 12.4. The second-order valence-corrected chi connectivity index (χ2v) is 4.90. The van der Waals surface area contributed by atoms with Gasteiger partial charge in [0.1, 0.15) is 5.82 Å². The van der Waals surface area contributed by atoms with Crippen LogP contribution in [0.2, 0.25) is 0 Å². The Morgan fingerprint density at radius 1 is 1.26 bits per heavy atom. The van der Waals surface area contributed by atoms with Crippen LogP contribution in [0.25, 0.3) is 0 Å². The lowest BCUT2D eigenvalue weighted by Gasteiger charge is -2.25. The number of hydrogen-bond donors (Lipinski definition) is 1. The van der Waals surface area contributed by atoms with Crippen molar-refractivity contribution in [2.75, 3.05) is 0 Å². The molecule has 1 unspecified atom stereocenters. The lowest BCUT2D eigenvalue weighted by Crippen LogP contribution is -2.53. The summed E-state index contributed by atoms with van der Waals surface area (Å²) >= 11 is 0. The molecule has 2 rings (SSSR count). The maximum atomic E-state index is 12.9. The Morgan fingerprint density at radius 2 is 1.96 bits per heavy atom. The third-order valence-corrected chi connectivity index (χ3v) is 3.47. The number of nitrogens with zero attached hydrogens (tertiary/aromatic N) is 2. The standard InChI is InChI=1S/C17H14FN3O2/c1-2-17(11-19,15(22)13-4-3-9-20-10-13)21-16(23)12-5-7-14(18)8-6-12/h3-10H,2H2,1H3,(H,21,23). The molecule has 1 aromatic heterocycles. The lowest BCUT2D eigenvalue weighted by atomic mass is 9.88. The first-order chi connectivity index (χ1) is 11.0. The van der Waals surface area contributed by atoms with Gasteiger partial charge in [0.05, 0.1) is 6.07 Å². The van der Waals surface area contributed by atoms with Gasteiger partial charge in [-0.25, -0.2) is 4.39 Å². The fourth-order valence-corrected chi connectivity index (χ4v) is 2.07. The van der Waals surface area contributed by atoms with Crippen molar-refractivity contribution in [3.05, 3.63) is 65.7 Å². The number of hydrogen-bond acceptors (Lipinski definition) is 4. The number of halogens is 1. The van der Waals surface area contributed by atoms with Gasteiger partial charge in [0.25, 0.3) is 5.91 Å². The summed E-state index contributed by atoms with van der Waals surface area (Å²) in [6, 6.07) is 9.85. The molecule has 1 heterocycles. The van der Waals surface area contributed by atoms with E-state index in [1.807, 2.05) is 6.07 Å². The normalized spacial score (nSPS) is 12.7. The number of carbonyl (C=O) groups excluding carboxylic acids is 2. The molecule has 0 aliphatic heterocycles. The van der Waals surface area contributed by atoms with Crippen LogP contribution in [0, 0.1) is 17.1 Å². The number of aromatic nitrogens is 1. The highest BCUT2D eigenvalue weighted by molar-refractivity contribution is 6.08. The molecule has 0 fully saturated rings. The number of amides is 1. The van der Waals surface area contributed by atoms with E-state index in [-0.39, 0.29) is 17.5 Å². The number of Topliss-reactive ketones (excluding diaryl/α,β-unsaturated/α-hetero) is 1. The summed E-state index contributed by atoms with van der Waals surface area (Å²) in [5.74, 6) is -1.63. The molecule has 1 N–H and O–H groups in total. The van der Waals surface area contributed by atoms with Gasteiger partial charge in [-0.2, -0.15) is 5.26 Å². The van der Waals surface area contributed by atoms with Gasteiger partial charge < -0.3 is 5.32 Å². The van der Waals surface area contributed by atoms with Crippen LogP contribution in [0.15, 0.2) is 48.8 Å². The van der Waals surface area contributed by atoms with Crippen molar-refractivity contribution >= 4 is 11.7 Å². The molecule has 0 aliphatic carbocycles. The minimum atomic E-state index is -1.70. The predicted octanol–water partition coefficient (Wildman–Crippen LogP) is 2.51. The van der Waals surface area contributed by atoms with Crippen molar-refractivity contribution in [1.82, 2.24) is 10.3 Å². The highest BCUT2D eigenvalue weighted by Crippen LogP contribution is 2.18. The van der Waals surface area contributed by atoms with Gasteiger partial charge in [0.15, 0.2) is 5.54 Å². The minimum absolute atomic E-state index is 0.0875. The summed E-state index contributed by atoms with van der Waals surface area (Å²) in [6.45, 7) is 1.63. The molecule has 0 saturated heterocycles. The molecule has 0 saturated carbocycles. The molecule has 0 bridgehead atoms. The highest BCUT2D eigenvalue weighted by Gasteiger charge is 2.39. The van der Waals surface area contributed by atoms with E-state index >= 15 is 0 Å². The van der Waals surface area contributed by atoms with Crippen LogP contribution in [0.1, 0.15) is 34.1 Å². The van der Waals surface area contributed by atoms with E-state index in [1.165, 1.54) is 30.6 Å². The highest BCUT2D eigenvalue weighted by atomic mass is 19.1. The second-order valence-electron chi connectivity index (χ2n) is 4.90. The maximum Gasteiger partial charge on any atom is 0.252 e. The summed E-state index contributed by atoms with van der Waals surface area (Å²) in [5.41, 5.74) is -1.30. The minimum Gasteiger partial charge on any atom is -0.327 e. The first-order valence-corrected chi connectivity index (χ1v) is 6.96. The Labute approximate surface area is 132 Å². The molecule has 116 valence electrons. The first-order valence-electron chi connectivity index (χ1n) is 6.96. The predicted molar refractivity (Wildman–Crippen MR) is 81.1 cm³/mol. The van der Waals surface area contributed by atoms with E-state index in [9.17, 15) is 19.2 Å². The molecule has 0 radical (unpaired) electrons. The van der Waals surface area contributed by atoms with Crippen LogP contribution < -0.4 is 5.32 Å². The van der Waals surface area contributed by atoms with Crippen LogP contribution in [-0.4, -0.2) is 22.2 Å². The Kier molecular flexibility index (Phi) is 4.82. The van der Waals surface area contributed by atoms with Crippen LogP contribution in [-0.2, 0) is 0 Å². The van der Waals surface area contributed by atoms with Gasteiger partial charge in [0.2, 0.25) is 5.78 Å². The van der Waals surface area contributed by atoms with Crippen LogP contribution >= 0.6 is 0 Å². The van der Waals surface area contributed by atoms with E-state index in [0.29, 0.717) is 0 Å². The quantitative estimate of drug-likeness (QED) is 0.860. The van der Waals surface area contributed by atoms with Crippen LogP contribution in [0.4, 0.5) is 4.39 Å². The van der Waals surface area contributed by atoms with Crippen molar-refractivity contribution in [3.8, 4) is 6.07 Å². The van der Waals surface area contributed by atoms with Crippen molar-refractivity contribution < 1.29 is 14.0 Å². The zero-order valence-electron chi connectivity index (χ0n) is 12.4. The topological polar surface area (TPSA) is 82.9 Å². The summed E-state index contributed by atoms with van der Waals surface area (Å²) in [6.07, 6.45) is 2.94. The van der Waals surface area contributed by atoms with Crippen molar-refractivity contribution in [1.29, 1.82) is 5.26 Å². The summed E-state index contributed by atoms with van der Waals surface area (Å²) < 4.78 is 12.9. The number of ketones is 1. The largest absolute Gasteiger partial charge is 0.327 e. The fourth-order valence-electron chi connectivity index (χ4n) is 2.07. The molecule has 1 amide bonds. The third-order valence-electron chi connectivity index (χ3n) is 3.47. The molecule has 2 aromatic rings. The van der Waals surface area contributed by atoms with Gasteiger partial charge in [-0.1, -0.05) is 6.92 Å². The zero-order chi connectivity index (χ0) is 16.9. The number of nitriles is 1. The van der Waals surface area contributed by atoms with Gasteiger partial charge in [-0.05, 0) is 42.8 Å². The number of nitrogens with one attached hydrogen (secondary N) is 1. The van der Waals surface area contributed by atoms with Crippen LogP contribution in [0.3, 0.4) is 0 Å². The molecule has 0 spiro atoms. The number of benzene rings is 1. The van der Waals surface area contributed by atoms with Gasteiger partial charge in [-0.15, -0.1) is 0 Å². The van der Waals surface area contributed by atoms with E-state index in [0.717, 1.165) is 12.1 Å². The van der Waals surface area contributed by atoms with Gasteiger partial charge in [-0.3, -0.25) is 14.6 Å². The molecule has 1 atom stereocenters. The van der Waals surface area contributed by atoms with Crippen LogP contribution in [0.5, 0.6) is 0 Å². The van der Waals surface area contributed by atoms with Crippen molar-refractivity contribution in [2.45, 2.75) is 18.9 Å². The molecule has 5 nitrogen and oxygen atoms in total. The number of pyridine rings is 1. The number of carbonyl (C=O) groups is 2. The number of rotatable bonds is 5. The van der Waals surface area contributed by atoms with E-state index in [1.54, 1.807) is 13.0 Å². The molecule has 0 aliphatic rings. The maximum absolute atomic E-state index is 12.9. The van der Waals surface area contributed by atoms with Crippen molar-refractivity contribution in [3.63, 3.8) is 0 Å². The Hall–Kier alpha value is -3.07. The summed E-state index contributed by atoms with van der Waals surface area (Å²) in [5, 5.41) is 11.9. The Morgan fingerprint density at radius 3 is 2.48 bits per heavy atom. The monoisotopic (exact) mass is 311 g/mol. The molecule has 23 heavy (non-hydrogen) atoms. The SMILES string of the molecule is CCC(C#N)(NC(=O)c1ccc(F)cc1)C(=O)c1cccnc1. The van der Waals surface area contributed by atoms with Crippen molar-refractivity contribution in [2.24, 2.45) is 0 Å². The molecular weight excluding hydrogens is 297 g/mol. The van der Waals surface area contributed by atoms with E-state index in [2.05, 4.69) is 10.3 Å². The second kappa shape index (κ2) is 6.79. The molecular formula is C17H14FN3O2. The summed E-state index contributed by atoms with van der Waals surface area (Å²) in [7, 11) is 0. The molecule has 6 heteroatoms. The summed E-state index contributed by atoms with van der Waals surface area (Å²) in [4.78, 5) is 28.7. The Balaban J connectivity index is 2.31. The van der Waals surface area contributed by atoms with E-state index < -0.39 is 23.0 Å². The van der Waals surface area contributed by atoms with Gasteiger partial charge >= 0.3 is 0 Å². The van der Waals surface area contributed by atoms with Gasteiger partial charge in [0, 0.05) is 23.5 Å². The average molecular weight is 311 g/mol. The van der Waals surface area contributed by atoms with E-state index in [4.69, 9.17) is 0 Å². The lowest BCUT2D eigenvalue weighted by molar-refractivity contribution is 0.0809. The fraction of sp³-hybridized carbons (Fsp3) is 0.176. The Bertz CT molecular complexity index is 754. The third kappa shape index (κ3) is 3.40. The first kappa shape index (κ1) is 16.3.